The predicted octanol–water partition coefficient (Wildman–Crippen LogP) is 7.09. The summed E-state index contributed by atoms with van der Waals surface area (Å²) in [7, 11) is 1.96. The van der Waals surface area contributed by atoms with Gasteiger partial charge in [0.25, 0.3) is 5.69 Å². The highest BCUT2D eigenvalue weighted by atomic mass is 28.3. The molecular formula is C30H35N3O6Si. The average Bonchev–Trinajstić information content (AvgIpc) is 3.29. The van der Waals surface area contributed by atoms with Crippen molar-refractivity contribution in [3.63, 3.8) is 0 Å². The Kier molecular flexibility index (Phi) is 9.36. The minimum absolute atomic E-state index is 0.0600. The second-order valence-corrected chi connectivity index (χ2v) is 16.2. The number of aromatic nitrogens is 2. The fourth-order valence-electron chi connectivity index (χ4n) is 4.10. The molecule has 1 aromatic heterocycles. The maximum absolute atomic E-state index is 11.0. The van der Waals surface area contributed by atoms with Crippen LogP contribution in [0.2, 0.25) is 25.7 Å². The Morgan fingerprint density at radius 2 is 1.68 bits per heavy atom. The highest BCUT2D eigenvalue weighted by Crippen LogP contribution is 2.34. The Bertz CT molecular complexity index is 1490. The number of nitro benzene ring substituents is 1. The lowest BCUT2D eigenvalue weighted by molar-refractivity contribution is -0.384. The van der Waals surface area contributed by atoms with Crippen molar-refractivity contribution in [1.82, 2.24) is 9.78 Å². The number of ether oxygens (including phenoxy) is 4. The van der Waals surface area contributed by atoms with E-state index in [2.05, 4.69) is 25.7 Å². The van der Waals surface area contributed by atoms with Crippen molar-refractivity contribution in [3.05, 3.63) is 82.0 Å². The lowest BCUT2D eigenvalue weighted by Crippen LogP contribution is -2.22. The largest absolute Gasteiger partial charge is 0.493 e. The quantitative estimate of drug-likeness (QED) is 0.0565. The first-order valence-electron chi connectivity index (χ1n) is 13.0. The van der Waals surface area contributed by atoms with Gasteiger partial charge in [0.15, 0.2) is 18.3 Å². The normalized spacial score (nSPS) is 11.8. The van der Waals surface area contributed by atoms with E-state index >= 15 is 0 Å². The number of hydrogen-bond donors (Lipinski definition) is 0. The molecule has 0 spiro atoms. The molecule has 0 bridgehead atoms. The summed E-state index contributed by atoms with van der Waals surface area (Å²) in [6.07, 6.45) is 3.83. The van der Waals surface area contributed by atoms with Crippen molar-refractivity contribution in [2.45, 2.75) is 32.4 Å². The van der Waals surface area contributed by atoms with Gasteiger partial charge < -0.3 is 18.9 Å². The number of benzene rings is 3. The van der Waals surface area contributed by atoms with Crippen LogP contribution in [0.4, 0.5) is 5.69 Å². The molecule has 0 saturated carbocycles. The molecule has 0 fully saturated rings. The van der Waals surface area contributed by atoms with E-state index in [4.69, 9.17) is 24.0 Å². The third kappa shape index (κ3) is 7.35. The Morgan fingerprint density at radius 3 is 2.35 bits per heavy atom. The lowest BCUT2D eigenvalue weighted by atomic mass is 10.0. The van der Waals surface area contributed by atoms with Crippen LogP contribution in [-0.2, 0) is 16.2 Å². The highest BCUT2D eigenvalue weighted by molar-refractivity contribution is 6.76. The van der Waals surface area contributed by atoms with Crippen molar-refractivity contribution in [1.29, 1.82) is 0 Å². The molecule has 1 heterocycles. The van der Waals surface area contributed by atoms with Crippen molar-refractivity contribution < 1.29 is 23.9 Å². The Labute approximate surface area is 235 Å². The average molecular weight is 562 g/mol. The Balaban J connectivity index is 1.67. The molecule has 0 amide bonds. The van der Waals surface area contributed by atoms with Gasteiger partial charge in [-0.05, 0) is 65.2 Å². The molecular weight excluding hydrogens is 526 g/mol. The molecule has 0 aliphatic heterocycles. The molecule has 0 aliphatic carbocycles. The first-order valence-corrected chi connectivity index (χ1v) is 16.7. The van der Waals surface area contributed by atoms with E-state index in [0.29, 0.717) is 24.8 Å². The van der Waals surface area contributed by atoms with Gasteiger partial charge >= 0.3 is 0 Å². The highest BCUT2D eigenvalue weighted by Gasteiger charge is 2.15. The van der Waals surface area contributed by atoms with Gasteiger partial charge in [-0.25, -0.2) is 4.68 Å². The minimum atomic E-state index is -1.22. The van der Waals surface area contributed by atoms with Crippen LogP contribution in [0.5, 0.6) is 11.5 Å². The Morgan fingerprint density at radius 1 is 0.950 bits per heavy atom. The van der Waals surface area contributed by atoms with Gasteiger partial charge in [-0.15, -0.1) is 0 Å². The Hall–Kier alpha value is -3.99. The molecule has 0 atom stereocenters. The van der Waals surface area contributed by atoms with E-state index in [1.807, 2.05) is 47.2 Å². The lowest BCUT2D eigenvalue weighted by Gasteiger charge is -2.15. The molecule has 3 aromatic carbocycles. The molecule has 0 radical (unpaired) electrons. The summed E-state index contributed by atoms with van der Waals surface area (Å²) in [6, 6.07) is 19.5. The van der Waals surface area contributed by atoms with Crippen molar-refractivity contribution >= 4 is 36.8 Å². The molecule has 4 rings (SSSR count). The zero-order chi connectivity index (χ0) is 28.7. The number of methoxy groups -OCH3 is 2. The molecule has 210 valence electrons. The molecule has 9 nitrogen and oxygen atoms in total. The topological polar surface area (TPSA) is 97.9 Å². The third-order valence-corrected chi connectivity index (χ3v) is 8.06. The zero-order valence-corrected chi connectivity index (χ0v) is 24.5. The van der Waals surface area contributed by atoms with E-state index in [1.54, 1.807) is 26.4 Å². The van der Waals surface area contributed by atoms with Crippen molar-refractivity contribution in [2.75, 3.05) is 27.6 Å². The van der Waals surface area contributed by atoms with Crippen molar-refractivity contribution in [3.8, 4) is 22.6 Å². The summed E-state index contributed by atoms with van der Waals surface area (Å²) >= 11 is 0. The first-order chi connectivity index (χ1) is 19.2. The van der Waals surface area contributed by atoms with Gasteiger partial charge in [-0.3, -0.25) is 10.1 Å². The summed E-state index contributed by atoms with van der Waals surface area (Å²) < 4.78 is 24.1. The number of fused-ring (bicyclic) bond motifs is 1. The van der Waals surface area contributed by atoms with Crippen LogP contribution in [0.25, 0.3) is 34.2 Å². The second kappa shape index (κ2) is 12.9. The van der Waals surface area contributed by atoms with Gasteiger partial charge in [0, 0.05) is 39.3 Å². The summed E-state index contributed by atoms with van der Waals surface area (Å²) in [5, 5.41) is 16.8. The molecule has 0 unspecified atom stereocenters. The number of nitrogens with zero attached hydrogens (tertiary/aromatic N) is 3. The van der Waals surface area contributed by atoms with Crippen LogP contribution in [0.15, 0.2) is 60.7 Å². The van der Waals surface area contributed by atoms with Crippen LogP contribution >= 0.6 is 0 Å². The first kappa shape index (κ1) is 29.0. The molecule has 0 N–H and O–H groups in total. The fraction of sp³-hybridized carbons (Fsp3) is 0.300. The number of nitro groups is 1. The van der Waals surface area contributed by atoms with Crippen LogP contribution in [0.1, 0.15) is 11.3 Å². The van der Waals surface area contributed by atoms with Crippen molar-refractivity contribution in [2.24, 2.45) is 0 Å². The van der Waals surface area contributed by atoms with Crippen LogP contribution in [-0.4, -0.2) is 50.4 Å². The molecule has 0 aliphatic rings. The number of non-ortho nitro benzene ring substituents is 1. The molecule has 40 heavy (non-hydrogen) atoms. The van der Waals surface area contributed by atoms with E-state index in [1.165, 1.54) is 12.1 Å². The maximum Gasteiger partial charge on any atom is 0.269 e. The monoisotopic (exact) mass is 561 g/mol. The number of rotatable bonds is 13. The SMILES string of the molecule is COCOc1ccc(-c2ccc3c(C=Cc4ccc([N+](=O)[O-])cc4)nn(COCC[Si](C)(C)C)c3c2)cc1OC. The summed E-state index contributed by atoms with van der Waals surface area (Å²) in [5.74, 6) is 1.22. The van der Waals surface area contributed by atoms with E-state index in [9.17, 15) is 10.1 Å². The standard InChI is InChI=1S/C30H35N3O6Si/c1-36-21-39-29-15-10-24(19-30(29)37-2)23-9-13-26-27(14-8-22-6-11-25(12-7-22)33(34)35)31-32(28(26)18-23)20-38-16-17-40(3,4)5/h6-15,18-19H,16-17,20-21H2,1-5H3. The third-order valence-electron chi connectivity index (χ3n) is 6.36. The van der Waals surface area contributed by atoms with Gasteiger partial charge in [-0.2, -0.15) is 5.10 Å². The van der Waals surface area contributed by atoms with Crippen LogP contribution < -0.4 is 9.47 Å². The molecule has 0 saturated heterocycles. The van der Waals surface area contributed by atoms with Gasteiger partial charge in [-0.1, -0.05) is 37.8 Å². The minimum Gasteiger partial charge on any atom is -0.493 e. The summed E-state index contributed by atoms with van der Waals surface area (Å²) in [4.78, 5) is 10.6. The van der Waals surface area contributed by atoms with E-state index < -0.39 is 13.0 Å². The zero-order valence-electron chi connectivity index (χ0n) is 23.5. The maximum atomic E-state index is 11.0. The fourth-order valence-corrected chi connectivity index (χ4v) is 4.86. The summed E-state index contributed by atoms with van der Waals surface area (Å²) in [5.41, 5.74) is 4.60. The predicted molar refractivity (Wildman–Crippen MR) is 160 cm³/mol. The number of hydrogen-bond acceptors (Lipinski definition) is 7. The molecule has 4 aromatic rings. The van der Waals surface area contributed by atoms with Gasteiger partial charge in [0.2, 0.25) is 0 Å². The van der Waals surface area contributed by atoms with E-state index in [0.717, 1.165) is 39.3 Å². The smallest absolute Gasteiger partial charge is 0.269 e. The second-order valence-electron chi connectivity index (χ2n) is 10.6. The van der Waals surface area contributed by atoms with Crippen LogP contribution in [0.3, 0.4) is 0 Å². The van der Waals surface area contributed by atoms with Crippen LogP contribution in [0, 0.1) is 10.1 Å². The molecule has 10 heteroatoms. The van der Waals surface area contributed by atoms with Gasteiger partial charge in [0.1, 0.15) is 6.73 Å². The van der Waals surface area contributed by atoms with Gasteiger partial charge in [0.05, 0.1) is 23.2 Å². The van der Waals surface area contributed by atoms with E-state index in [-0.39, 0.29) is 12.5 Å². The summed E-state index contributed by atoms with van der Waals surface area (Å²) in [6.45, 7) is 8.13.